The highest BCUT2D eigenvalue weighted by atomic mass is 32.2. The molecule has 0 aliphatic rings. The minimum Gasteiger partial charge on any atom is -0.491 e. The summed E-state index contributed by atoms with van der Waals surface area (Å²) in [4.78, 5) is 37.9. The number of esters is 1. The maximum absolute atomic E-state index is 13.1. The fourth-order valence-electron chi connectivity index (χ4n) is 3.24. The van der Waals surface area contributed by atoms with Crippen molar-refractivity contribution in [3.05, 3.63) is 78.1 Å². The highest BCUT2D eigenvalue weighted by molar-refractivity contribution is 7.94. The first-order valence-corrected chi connectivity index (χ1v) is 13.3. The maximum Gasteiger partial charge on any atom is 0.337 e. The molecule has 41 heavy (non-hydrogen) atoms. The first-order valence-electron chi connectivity index (χ1n) is 11.8. The topological polar surface area (TPSA) is 127 Å². The second-order valence-corrected chi connectivity index (χ2v) is 9.89. The Bertz CT molecular complexity index is 1460. The van der Waals surface area contributed by atoms with E-state index < -0.39 is 11.9 Å². The average molecular weight is 600 g/mol. The number of amides is 1. The van der Waals surface area contributed by atoms with E-state index in [0.717, 1.165) is 23.4 Å². The largest absolute Gasteiger partial charge is 0.491 e. The van der Waals surface area contributed by atoms with Gasteiger partial charge in [0.25, 0.3) is 5.91 Å². The van der Waals surface area contributed by atoms with Crippen LogP contribution >= 0.6 is 23.4 Å². The molecule has 0 radical (unpaired) electrons. The van der Waals surface area contributed by atoms with Gasteiger partial charge in [-0.2, -0.15) is 4.33 Å². The molecule has 0 fully saturated rings. The van der Waals surface area contributed by atoms with E-state index in [1.807, 2.05) is 13.8 Å². The van der Waals surface area contributed by atoms with Gasteiger partial charge in [-0.3, -0.25) is 10.1 Å². The third-order valence-electron chi connectivity index (χ3n) is 4.82. The van der Waals surface area contributed by atoms with Crippen molar-refractivity contribution in [2.45, 2.75) is 32.4 Å². The maximum atomic E-state index is 13.1. The number of nitrogens with one attached hydrogen (secondary N) is 1. The number of methoxy groups -OCH3 is 1. The van der Waals surface area contributed by atoms with Gasteiger partial charge in [0.15, 0.2) is 5.13 Å². The molecule has 4 rings (SSSR count). The van der Waals surface area contributed by atoms with E-state index in [1.165, 1.54) is 26.6 Å². The van der Waals surface area contributed by atoms with Crippen LogP contribution in [0.5, 0.6) is 28.1 Å². The summed E-state index contributed by atoms with van der Waals surface area (Å²) in [6.45, 7) is 3.77. The lowest BCUT2D eigenvalue weighted by molar-refractivity contribution is -0.160. The number of pyridine rings is 1. The summed E-state index contributed by atoms with van der Waals surface area (Å²) < 4.78 is 27.1. The van der Waals surface area contributed by atoms with Crippen LogP contribution < -0.4 is 19.5 Å². The van der Waals surface area contributed by atoms with E-state index in [1.54, 1.807) is 54.6 Å². The number of benzene rings is 2. The van der Waals surface area contributed by atoms with Gasteiger partial charge >= 0.3 is 5.97 Å². The zero-order valence-corrected chi connectivity index (χ0v) is 23.5. The fraction of sp³-hybridized carbons (Fsp3) is 0.214. The summed E-state index contributed by atoms with van der Waals surface area (Å²) in [7, 11) is 2.71. The van der Waals surface area contributed by atoms with E-state index in [9.17, 15) is 9.59 Å². The zero-order chi connectivity index (χ0) is 28.5. The number of nitrogens with zero attached hydrogens (tertiary/aromatic N) is 2. The molecule has 2 aromatic heterocycles. The molecule has 0 saturated heterocycles. The van der Waals surface area contributed by atoms with Crippen LogP contribution in [0.3, 0.4) is 0 Å². The van der Waals surface area contributed by atoms with Gasteiger partial charge in [0.05, 0.1) is 50.3 Å². The van der Waals surface area contributed by atoms with Crippen LogP contribution in [0.2, 0.25) is 0 Å². The number of rotatable bonds is 12. The van der Waals surface area contributed by atoms with Crippen LogP contribution in [0.1, 0.15) is 42.0 Å². The molecule has 13 heteroatoms. The molecule has 0 spiro atoms. The number of hydrogen-bond acceptors (Lipinski definition) is 12. The molecular weight excluding hydrogens is 570 g/mol. The van der Waals surface area contributed by atoms with Crippen LogP contribution in [-0.2, 0) is 14.0 Å². The average Bonchev–Trinajstić information content (AvgIpc) is 3.38. The van der Waals surface area contributed by atoms with Crippen LogP contribution in [-0.4, -0.2) is 42.2 Å². The number of carbonyl (C=O) groups is 2. The number of carbonyl (C=O) groups excluding carboxylic acids is 2. The summed E-state index contributed by atoms with van der Waals surface area (Å²) >= 11 is 2.09. The number of ether oxygens (including phenoxy) is 4. The SMILES string of the molecule is C.COOSc1ccc(Oc2cc(OC(C)C)cc(C(=O)Nc3ncc(Oc4cccc(C(=O)OC)c4)s3)c2)cn1. The lowest BCUT2D eigenvalue weighted by Gasteiger charge is -2.14. The minimum atomic E-state index is -0.473. The third kappa shape index (κ3) is 9.18. The molecule has 11 nitrogen and oxygen atoms in total. The Morgan fingerprint density at radius 3 is 2.37 bits per heavy atom. The van der Waals surface area contributed by atoms with Crippen molar-refractivity contribution in [3.63, 3.8) is 0 Å². The molecule has 2 aromatic carbocycles. The first kappa shape index (κ1) is 31.4. The van der Waals surface area contributed by atoms with Gasteiger partial charge in [0.2, 0.25) is 5.06 Å². The number of anilines is 1. The van der Waals surface area contributed by atoms with E-state index in [2.05, 4.69) is 20.2 Å². The van der Waals surface area contributed by atoms with Gasteiger partial charge in [0, 0.05) is 11.6 Å². The number of aromatic nitrogens is 2. The Hall–Kier alpha value is -4.17. The minimum absolute atomic E-state index is 0. The lowest BCUT2D eigenvalue weighted by atomic mass is 10.2. The molecule has 0 saturated carbocycles. The van der Waals surface area contributed by atoms with E-state index in [-0.39, 0.29) is 13.5 Å². The van der Waals surface area contributed by atoms with E-state index in [4.69, 9.17) is 23.3 Å². The Morgan fingerprint density at radius 2 is 1.66 bits per heavy atom. The Morgan fingerprint density at radius 1 is 0.878 bits per heavy atom. The standard InChI is InChI=1S/C27H25N3O8S2.CH4/c1-16(2)35-21-11-18(12-22(13-21)36-20-8-9-23(28-14-20)40-38-34-4)25(31)30-27-29-15-24(39-27)37-19-7-5-6-17(10-19)26(32)33-3;/h5-16H,1-4H3,(H,29,30,31);1H4. The fourth-order valence-corrected chi connectivity index (χ4v) is 4.28. The quantitative estimate of drug-likeness (QED) is 0.0770. The molecule has 0 aliphatic heterocycles. The second-order valence-electron chi connectivity index (χ2n) is 8.17. The van der Waals surface area contributed by atoms with Crippen LogP contribution in [0, 0.1) is 0 Å². The van der Waals surface area contributed by atoms with Crippen molar-refractivity contribution in [1.82, 2.24) is 9.97 Å². The molecule has 0 bridgehead atoms. The van der Waals surface area contributed by atoms with Crippen molar-refractivity contribution in [1.29, 1.82) is 0 Å². The molecule has 0 aliphatic carbocycles. The van der Waals surface area contributed by atoms with Crippen molar-refractivity contribution in [2.24, 2.45) is 0 Å². The molecule has 1 N–H and O–H groups in total. The summed E-state index contributed by atoms with van der Waals surface area (Å²) in [6.07, 6.45) is 2.88. The lowest BCUT2D eigenvalue weighted by Crippen LogP contribution is -2.13. The van der Waals surface area contributed by atoms with Gasteiger partial charge in [-0.15, -0.1) is 0 Å². The van der Waals surface area contributed by atoms with Gasteiger partial charge in [0.1, 0.15) is 28.0 Å². The molecule has 4 aromatic rings. The summed E-state index contributed by atoms with van der Waals surface area (Å²) in [5.74, 6) is 0.824. The van der Waals surface area contributed by atoms with Gasteiger partial charge in [-0.05, 0) is 56.3 Å². The third-order valence-corrected chi connectivity index (χ3v) is 6.23. The first-order chi connectivity index (χ1) is 19.3. The normalized spacial score (nSPS) is 10.5. The molecular formula is C28H29N3O8S2. The smallest absolute Gasteiger partial charge is 0.337 e. The van der Waals surface area contributed by atoms with E-state index >= 15 is 0 Å². The molecule has 0 atom stereocenters. The molecule has 0 unspecified atom stereocenters. The summed E-state index contributed by atoms with van der Waals surface area (Å²) in [5.41, 5.74) is 0.649. The van der Waals surface area contributed by atoms with Crippen LogP contribution in [0.4, 0.5) is 5.13 Å². The zero-order valence-electron chi connectivity index (χ0n) is 21.9. The second kappa shape index (κ2) is 15.0. The van der Waals surface area contributed by atoms with Gasteiger partial charge in [-0.1, -0.05) is 24.8 Å². The highest BCUT2D eigenvalue weighted by Crippen LogP contribution is 2.32. The molecule has 1 amide bonds. The van der Waals surface area contributed by atoms with Crippen LogP contribution in [0.25, 0.3) is 0 Å². The summed E-state index contributed by atoms with van der Waals surface area (Å²) in [5, 5.41) is 4.08. The Labute approximate surface area is 245 Å². The van der Waals surface area contributed by atoms with Gasteiger partial charge in [-0.25, -0.2) is 19.7 Å². The predicted molar refractivity (Wildman–Crippen MR) is 155 cm³/mol. The van der Waals surface area contributed by atoms with Crippen molar-refractivity contribution in [3.8, 4) is 28.1 Å². The van der Waals surface area contributed by atoms with Gasteiger partial charge < -0.3 is 18.9 Å². The van der Waals surface area contributed by atoms with Crippen molar-refractivity contribution < 1.29 is 37.8 Å². The number of hydrogen-bond donors (Lipinski definition) is 1. The van der Waals surface area contributed by atoms with Crippen molar-refractivity contribution >= 4 is 40.4 Å². The molecule has 216 valence electrons. The van der Waals surface area contributed by atoms with Crippen LogP contribution in [0.15, 0.2) is 72.0 Å². The molecule has 2 heterocycles. The Kier molecular flexibility index (Phi) is 11.5. The van der Waals surface area contributed by atoms with Crippen molar-refractivity contribution in [2.75, 3.05) is 19.5 Å². The summed E-state index contributed by atoms with van der Waals surface area (Å²) in [6, 6.07) is 14.9. The monoisotopic (exact) mass is 599 g/mol. The Balaban J connectivity index is 0.00000462. The predicted octanol–water partition coefficient (Wildman–Crippen LogP) is 7.17. The van der Waals surface area contributed by atoms with E-state index in [0.29, 0.717) is 49.3 Å². The number of thiazole rings is 1. The highest BCUT2D eigenvalue weighted by Gasteiger charge is 2.15.